The highest BCUT2D eigenvalue weighted by molar-refractivity contribution is 5.11. The summed E-state index contributed by atoms with van der Waals surface area (Å²) in [4.78, 5) is 1.43. The van der Waals surface area contributed by atoms with Gasteiger partial charge in [-0.25, -0.2) is 0 Å². The second kappa shape index (κ2) is 2.34. The van der Waals surface area contributed by atoms with Gasteiger partial charge in [-0.3, -0.25) is 4.52 Å². The summed E-state index contributed by atoms with van der Waals surface area (Å²) in [5.41, 5.74) is 8.08. The Hall–Kier alpha value is -1.26. The molecule has 0 fully saturated rings. The summed E-state index contributed by atoms with van der Waals surface area (Å²) in [6, 6.07) is 0. The molecule has 0 aliphatic heterocycles. The second-order valence-corrected chi connectivity index (χ2v) is 1.56. The molecule has 5 nitrogen and oxygen atoms in total. The normalized spacial score (nSPS) is 9.44. The lowest BCUT2D eigenvalue weighted by molar-refractivity contribution is -0.719. The molecule has 3 N–H and O–H groups in total. The molecule has 0 amide bonds. The molecule has 0 radical (unpaired) electrons. The summed E-state index contributed by atoms with van der Waals surface area (Å²) in [5, 5.41) is 3.51. The molecule has 0 aromatic carbocycles. The van der Waals surface area contributed by atoms with Gasteiger partial charge in [0.1, 0.15) is 0 Å². The minimum Gasteiger partial charge on any atom is -0.362 e. The smallest absolute Gasteiger partial charge is 0.296 e. The van der Waals surface area contributed by atoms with E-state index in [9.17, 15) is 0 Å². The van der Waals surface area contributed by atoms with E-state index in [1.165, 1.54) is 4.79 Å². The van der Waals surface area contributed by atoms with Crippen LogP contribution in [0.2, 0.25) is 0 Å². The summed E-state index contributed by atoms with van der Waals surface area (Å²) >= 11 is 0. The van der Waals surface area contributed by atoms with E-state index in [0.29, 0.717) is 5.88 Å². The van der Waals surface area contributed by atoms with E-state index < -0.39 is 0 Å². The number of hydrogen-bond acceptors (Lipinski definition) is 4. The molecule has 0 saturated carbocycles. The Balaban J connectivity index is 2.61. The van der Waals surface area contributed by atoms with E-state index in [-0.39, 0.29) is 0 Å². The van der Waals surface area contributed by atoms with Crippen LogP contribution >= 0.6 is 0 Å². The molecular formula is C4H9N4O+. The van der Waals surface area contributed by atoms with Crippen LogP contribution in [0.4, 0.5) is 5.88 Å². The fourth-order valence-corrected chi connectivity index (χ4v) is 0.495. The topological polar surface area (TPSA) is 68.0 Å². The number of nitrogens with zero attached hydrogens (tertiary/aromatic N) is 2. The number of aromatic nitrogens is 2. The van der Waals surface area contributed by atoms with Crippen LogP contribution in [-0.4, -0.2) is 11.8 Å². The zero-order valence-electron chi connectivity index (χ0n) is 5.16. The summed E-state index contributed by atoms with van der Waals surface area (Å²) in [6.07, 6.45) is 1.56. The molecule has 1 aromatic heterocycles. The third-order valence-corrected chi connectivity index (χ3v) is 0.804. The van der Waals surface area contributed by atoms with Crippen LogP contribution in [0.1, 0.15) is 6.92 Å². The predicted molar refractivity (Wildman–Crippen MR) is 31.0 cm³/mol. The van der Waals surface area contributed by atoms with Gasteiger partial charge in [0.15, 0.2) is 0 Å². The first-order valence-corrected chi connectivity index (χ1v) is 2.71. The molecule has 5 heteroatoms. The molecule has 1 rings (SSSR count). The van der Waals surface area contributed by atoms with Crippen molar-refractivity contribution in [3.8, 4) is 0 Å². The Kier molecular flexibility index (Phi) is 1.53. The van der Waals surface area contributed by atoms with Gasteiger partial charge in [0.25, 0.3) is 12.1 Å². The lowest BCUT2D eigenvalue weighted by Gasteiger charge is -1.81. The van der Waals surface area contributed by atoms with Crippen molar-refractivity contribution in [2.24, 2.45) is 0 Å². The van der Waals surface area contributed by atoms with Crippen molar-refractivity contribution in [2.75, 3.05) is 17.7 Å². The van der Waals surface area contributed by atoms with Crippen LogP contribution in [0.5, 0.6) is 0 Å². The van der Waals surface area contributed by atoms with Gasteiger partial charge in [-0.05, 0) is 6.92 Å². The van der Waals surface area contributed by atoms with Gasteiger partial charge in [0.2, 0.25) is 5.27 Å². The largest absolute Gasteiger partial charge is 0.362 e. The minimum atomic E-state index is 0.302. The molecule has 9 heavy (non-hydrogen) atoms. The summed E-state index contributed by atoms with van der Waals surface area (Å²) < 4.78 is 4.55. The fraction of sp³-hybridized carbons (Fsp3) is 0.500. The average molecular weight is 129 g/mol. The molecule has 0 aliphatic rings. The number of hydrogen-bond donors (Lipinski definition) is 2. The Labute approximate surface area is 52.4 Å². The number of anilines is 1. The Morgan fingerprint density at radius 1 is 2.00 bits per heavy atom. The number of nitrogens with one attached hydrogen (secondary N) is 1. The van der Waals surface area contributed by atoms with Gasteiger partial charge in [0.05, 0.1) is 11.3 Å². The van der Waals surface area contributed by atoms with Crippen LogP contribution in [0, 0.1) is 0 Å². The van der Waals surface area contributed by atoms with Crippen molar-refractivity contribution in [1.29, 1.82) is 0 Å². The molecule has 1 heterocycles. The zero-order valence-corrected chi connectivity index (χ0v) is 5.16. The van der Waals surface area contributed by atoms with Crippen LogP contribution in [0.15, 0.2) is 10.7 Å². The third-order valence-electron chi connectivity index (χ3n) is 0.804. The highest BCUT2D eigenvalue weighted by Gasteiger charge is 2.04. The van der Waals surface area contributed by atoms with Gasteiger partial charge in [-0.2, -0.15) is 5.43 Å². The molecule has 1 aromatic rings. The van der Waals surface area contributed by atoms with Crippen molar-refractivity contribution in [2.45, 2.75) is 6.92 Å². The number of nitrogen functional groups attached to an aromatic ring is 1. The number of nitrogens with two attached hydrogens (primary N) is 1. The molecular weight excluding hydrogens is 120 g/mol. The predicted octanol–water partition coefficient (Wildman–Crippen LogP) is -0.892. The van der Waals surface area contributed by atoms with Gasteiger partial charge in [0, 0.05) is 0 Å². The summed E-state index contributed by atoms with van der Waals surface area (Å²) in [5.74, 6) is 0.302. The van der Waals surface area contributed by atoms with Crippen molar-refractivity contribution >= 4 is 5.88 Å². The third kappa shape index (κ3) is 1.31. The summed E-state index contributed by atoms with van der Waals surface area (Å²) in [7, 11) is 0. The Morgan fingerprint density at radius 3 is 3.22 bits per heavy atom. The Morgan fingerprint density at radius 2 is 2.78 bits per heavy atom. The average Bonchev–Trinajstić information content (AvgIpc) is 2.17. The van der Waals surface area contributed by atoms with Crippen LogP contribution in [0.3, 0.4) is 0 Å². The Bertz CT molecular complexity index is 184. The van der Waals surface area contributed by atoms with E-state index in [1.54, 1.807) is 6.20 Å². The van der Waals surface area contributed by atoms with E-state index in [4.69, 9.17) is 5.73 Å². The first-order chi connectivity index (χ1) is 4.33. The minimum absolute atomic E-state index is 0.302. The monoisotopic (exact) mass is 129 g/mol. The molecule has 0 atom stereocenters. The van der Waals surface area contributed by atoms with Gasteiger partial charge < -0.3 is 5.73 Å². The SMILES string of the molecule is CCN[n+]1cc(N)on1. The molecule has 0 unspecified atom stereocenters. The maximum absolute atomic E-state index is 5.22. The van der Waals surface area contributed by atoms with Crippen LogP contribution in [-0.2, 0) is 0 Å². The molecule has 0 aliphatic carbocycles. The maximum atomic E-state index is 5.22. The zero-order chi connectivity index (χ0) is 6.69. The summed E-state index contributed by atoms with van der Waals surface area (Å²) in [6.45, 7) is 2.74. The molecule has 50 valence electrons. The quantitative estimate of drug-likeness (QED) is 0.508. The second-order valence-electron chi connectivity index (χ2n) is 1.56. The first-order valence-electron chi connectivity index (χ1n) is 2.71. The maximum Gasteiger partial charge on any atom is 0.296 e. The molecule has 0 bridgehead atoms. The molecule has 0 spiro atoms. The van der Waals surface area contributed by atoms with Gasteiger partial charge in [-0.15, -0.1) is 0 Å². The highest BCUT2D eigenvalue weighted by Crippen LogP contribution is 1.87. The van der Waals surface area contributed by atoms with E-state index >= 15 is 0 Å². The highest BCUT2D eigenvalue weighted by atomic mass is 16.5. The van der Waals surface area contributed by atoms with Gasteiger partial charge in [-0.1, -0.05) is 0 Å². The standard InChI is InChI=1S/C4H9N4O/c1-2-6-8-3-4(5)9-7-8/h3H,2,5H2,1H3,(H,6,7)/q+1. The number of rotatable bonds is 2. The van der Waals surface area contributed by atoms with Crippen LogP contribution in [0.25, 0.3) is 0 Å². The lowest BCUT2D eigenvalue weighted by atomic mass is 10.8. The van der Waals surface area contributed by atoms with E-state index in [0.717, 1.165) is 6.54 Å². The van der Waals surface area contributed by atoms with Crippen molar-refractivity contribution in [3.05, 3.63) is 6.20 Å². The van der Waals surface area contributed by atoms with Crippen LogP contribution < -0.4 is 16.0 Å². The van der Waals surface area contributed by atoms with Crippen molar-refractivity contribution < 1.29 is 9.31 Å². The van der Waals surface area contributed by atoms with E-state index in [1.807, 2.05) is 6.92 Å². The molecule has 0 saturated heterocycles. The van der Waals surface area contributed by atoms with Gasteiger partial charge >= 0.3 is 0 Å². The van der Waals surface area contributed by atoms with Crippen molar-refractivity contribution in [1.82, 2.24) is 5.27 Å². The van der Waals surface area contributed by atoms with E-state index in [2.05, 4.69) is 15.2 Å². The lowest BCUT2D eigenvalue weighted by Crippen LogP contribution is -2.45. The van der Waals surface area contributed by atoms with Crippen molar-refractivity contribution in [3.63, 3.8) is 0 Å². The fourth-order valence-electron chi connectivity index (χ4n) is 0.495. The first kappa shape index (κ1) is 5.87.